The fourth-order valence-corrected chi connectivity index (χ4v) is 2.23. The van der Waals surface area contributed by atoms with Crippen molar-refractivity contribution in [3.05, 3.63) is 23.3 Å². The van der Waals surface area contributed by atoms with Crippen LogP contribution in [0, 0.1) is 6.92 Å². The minimum atomic E-state index is -0.794. The molecule has 0 heterocycles. The highest BCUT2D eigenvalue weighted by Gasteiger charge is 2.10. The van der Waals surface area contributed by atoms with E-state index in [-0.39, 0.29) is 6.42 Å². The van der Waals surface area contributed by atoms with Crippen LogP contribution < -0.4 is 0 Å². The Balaban J connectivity index is 2.83. The van der Waals surface area contributed by atoms with Gasteiger partial charge in [-0.3, -0.25) is 4.79 Å². The number of carboxylic acid groups (broad SMARTS) is 1. The molecule has 0 aliphatic heterocycles. The van der Waals surface area contributed by atoms with Gasteiger partial charge in [-0.15, -0.1) is 11.8 Å². The van der Waals surface area contributed by atoms with Crippen molar-refractivity contribution in [2.24, 2.45) is 0 Å². The van der Waals surface area contributed by atoms with Gasteiger partial charge < -0.3 is 10.2 Å². The summed E-state index contributed by atoms with van der Waals surface area (Å²) in [5.41, 5.74) is 1.71. The molecule has 1 aromatic carbocycles. The smallest absolute Gasteiger partial charge is 0.303 e. The lowest BCUT2D eigenvalue weighted by Gasteiger charge is -2.11. The van der Waals surface area contributed by atoms with Crippen LogP contribution in [-0.4, -0.2) is 22.4 Å². The zero-order chi connectivity index (χ0) is 12.1. The van der Waals surface area contributed by atoms with Crippen LogP contribution in [0.4, 0.5) is 0 Å². The number of aromatic hydroxyl groups is 1. The van der Waals surface area contributed by atoms with Gasteiger partial charge in [0.25, 0.3) is 0 Å². The second-order valence-corrected chi connectivity index (χ2v) is 4.51. The summed E-state index contributed by atoms with van der Waals surface area (Å²) in [5, 5.41) is 18.5. The molecule has 2 N–H and O–H groups in total. The van der Waals surface area contributed by atoms with Crippen LogP contribution in [0.1, 0.15) is 24.0 Å². The zero-order valence-corrected chi connectivity index (χ0v) is 10.3. The van der Waals surface area contributed by atoms with E-state index in [0.717, 1.165) is 16.0 Å². The molecule has 88 valence electrons. The lowest BCUT2D eigenvalue weighted by Crippen LogP contribution is -1.97. The summed E-state index contributed by atoms with van der Waals surface area (Å²) in [7, 11) is 0. The largest absolute Gasteiger partial charge is 0.507 e. The van der Waals surface area contributed by atoms with Crippen molar-refractivity contribution in [3.8, 4) is 5.75 Å². The Morgan fingerprint density at radius 2 is 2.12 bits per heavy atom. The first-order valence-corrected chi connectivity index (χ1v) is 6.36. The average Bonchev–Trinajstić information content (AvgIpc) is 2.24. The number of hydrogen-bond donors (Lipinski definition) is 2. The highest BCUT2D eigenvalue weighted by Crippen LogP contribution is 2.32. The van der Waals surface area contributed by atoms with Gasteiger partial charge in [0, 0.05) is 16.9 Å². The summed E-state index contributed by atoms with van der Waals surface area (Å²) < 4.78 is 0. The molecule has 1 rings (SSSR count). The number of aliphatic carboxylic acids is 1. The Kier molecular flexibility index (Phi) is 4.68. The third kappa shape index (κ3) is 3.17. The lowest BCUT2D eigenvalue weighted by molar-refractivity contribution is -0.137. The van der Waals surface area contributed by atoms with Gasteiger partial charge >= 0.3 is 5.97 Å². The highest BCUT2D eigenvalue weighted by atomic mass is 32.2. The molecule has 0 bridgehead atoms. The van der Waals surface area contributed by atoms with E-state index in [1.165, 1.54) is 0 Å². The van der Waals surface area contributed by atoms with E-state index >= 15 is 0 Å². The minimum Gasteiger partial charge on any atom is -0.507 e. The van der Waals surface area contributed by atoms with Gasteiger partial charge in [-0.25, -0.2) is 0 Å². The number of hydrogen-bond acceptors (Lipinski definition) is 3. The Hall–Kier alpha value is -1.16. The Morgan fingerprint density at radius 3 is 2.69 bits per heavy atom. The molecule has 3 nitrogen and oxygen atoms in total. The monoisotopic (exact) mass is 240 g/mol. The van der Waals surface area contributed by atoms with E-state index in [1.54, 1.807) is 11.8 Å². The number of benzene rings is 1. The second kappa shape index (κ2) is 5.80. The van der Waals surface area contributed by atoms with Crippen molar-refractivity contribution < 1.29 is 15.0 Å². The standard InChI is InChI=1S/C12H16O3S/c1-8-6-7-10(16-2)9(12(8)15)4-3-5-11(13)14/h6-7,15H,3-5H2,1-2H3,(H,13,14). The normalized spacial score (nSPS) is 10.4. The van der Waals surface area contributed by atoms with E-state index in [4.69, 9.17) is 5.11 Å². The number of phenolic OH excluding ortho intramolecular Hbond substituents is 1. The number of phenols is 1. The average molecular weight is 240 g/mol. The molecule has 0 aromatic heterocycles. The summed E-state index contributed by atoms with van der Waals surface area (Å²) in [5.74, 6) is -0.491. The van der Waals surface area contributed by atoms with Gasteiger partial charge in [0.1, 0.15) is 5.75 Å². The molecule has 1 aromatic rings. The van der Waals surface area contributed by atoms with Crippen LogP contribution in [0.25, 0.3) is 0 Å². The zero-order valence-electron chi connectivity index (χ0n) is 9.49. The first-order chi connectivity index (χ1) is 7.56. The Morgan fingerprint density at radius 1 is 1.44 bits per heavy atom. The predicted molar refractivity (Wildman–Crippen MR) is 65.2 cm³/mol. The SMILES string of the molecule is CSc1ccc(C)c(O)c1CCCC(=O)O. The summed E-state index contributed by atoms with van der Waals surface area (Å²) >= 11 is 1.57. The quantitative estimate of drug-likeness (QED) is 0.777. The summed E-state index contributed by atoms with van der Waals surface area (Å²) in [6.07, 6.45) is 3.25. The second-order valence-electron chi connectivity index (χ2n) is 3.66. The van der Waals surface area contributed by atoms with Crippen LogP contribution >= 0.6 is 11.8 Å². The number of carboxylic acids is 1. The summed E-state index contributed by atoms with van der Waals surface area (Å²) in [6.45, 7) is 1.85. The van der Waals surface area contributed by atoms with E-state index in [2.05, 4.69) is 0 Å². The lowest BCUT2D eigenvalue weighted by atomic mass is 10.0. The molecule has 16 heavy (non-hydrogen) atoms. The third-order valence-electron chi connectivity index (χ3n) is 2.48. The van der Waals surface area contributed by atoms with Crippen molar-refractivity contribution in [3.63, 3.8) is 0 Å². The molecular weight excluding hydrogens is 224 g/mol. The van der Waals surface area contributed by atoms with Crippen molar-refractivity contribution in [1.82, 2.24) is 0 Å². The van der Waals surface area contributed by atoms with Gasteiger partial charge in [-0.05, 0) is 37.7 Å². The third-order valence-corrected chi connectivity index (χ3v) is 3.30. The van der Waals surface area contributed by atoms with Gasteiger partial charge in [-0.1, -0.05) is 6.07 Å². The maximum Gasteiger partial charge on any atom is 0.303 e. The highest BCUT2D eigenvalue weighted by molar-refractivity contribution is 7.98. The molecule has 0 saturated carbocycles. The molecule has 0 atom stereocenters. The summed E-state index contributed by atoms with van der Waals surface area (Å²) in [6, 6.07) is 3.84. The maximum absolute atomic E-state index is 10.4. The van der Waals surface area contributed by atoms with Gasteiger partial charge in [-0.2, -0.15) is 0 Å². The number of aryl methyl sites for hydroxylation is 1. The van der Waals surface area contributed by atoms with Crippen molar-refractivity contribution in [2.75, 3.05) is 6.26 Å². The molecule has 4 heteroatoms. The minimum absolute atomic E-state index is 0.140. The number of carbonyl (C=O) groups is 1. The van der Waals surface area contributed by atoms with Crippen LogP contribution in [0.5, 0.6) is 5.75 Å². The predicted octanol–water partition coefficient (Wildman–Crippen LogP) is 2.83. The first-order valence-electron chi connectivity index (χ1n) is 5.13. The van der Waals surface area contributed by atoms with Crippen LogP contribution in [0.15, 0.2) is 17.0 Å². The van der Waals surface area contributed by atoms with E-state index in [9.17, 15) is 9.90 Å². The number of thioether (sulfide) groups is 1. The van der Waals surface area contributed by atoms with E-state index < -0.39 is 5.97 Å². The van der Waals surface area contributed by atoms with Crippen LogP contribution in [0.2, 0.25) is 0 Å². The van der Waals surface area contributed by atoms with Crippen molar-refractivity contribution in [1.29, 1.82) is 0 Å². The fraction of sp³-hybridized carbons (Fsp3) is 0.417. The van der Waals surface area contributed by atoms with Gasteiger partial charge in [0.15, 0.2) is 0 Å². The molecule has 0 aliphatic rings. The summed E-state index contributed by atoms with van der Waals surface area (Å²) in [4.78, 5) is 11.4. The van der Waals surface area contributed by atoms with Crippen LogP contribution in [0.3, 0.4) is 0 Å². The molecule has 0 fully saturated rings. The molecule has 0 spiro atoms. The maximum atomic E-state index is 10.4. The number of rotatable bonds is 5. The Labute approximate surface area is 99.5 Å². The van der Waals surface area contributed by atoms with Crippen LogP contribution in [-0.2, 0) is 11.2 Å². The van der Waals surface area contributed by atoms with E-state index in [0.29, 0.717) is 18.6 Å². The van der Waals surface area contributed by atoms with Crippen molar-refractivity contribution >= 4 is 17.7 Å². The fourth-order valence-electron chi connectivity index (χ4n) is 1.58. The molecule has 0 unspecified atom stereocenters. The molecular formula is C12H16O3S. The Bertz CT molecular complexity index is 388. The molecule has 0 saturated heterocycles. The van der Waals surface area contributed by atoms with E-state index in [1.807, 2.05) is 25.3 Å². The van der Waals surface area contributed by atoms with Gasteiger partial charge in [0.2, 0.25) is 0 Å². The first kappa shape index (κ1) is 12.9. The molecule has 0 radical (unpaired) electrons. The topological polar surface area (TPSA) is 57.5 Å². The molecule has 0 amide bonds. The van der Waals surface area contributed by atoms with Crippen molar-refractivity contribution in [2.45, 2.75) is 31.1 Å². The van der Waals surface area contributed by atoms with Gasteiger partial charge in [0.05, 0.1) is 0 Å². The molecule has 0 aliphatic carbocycles.